The summed E-state index contributed by atoms with van der Waals surface area (Å²) in [4.78, 5) is 0. The van der Waals surface area contributed by atoms with E-state index in [1.54, 1.807) is 6.20 Å². The number of nitrogens with zero attached hydrogens (tertiary/aromatic N) is 2. The second-order valence-electron chi connectivity index (χ2n) is 3.94. The fourth-order valence-corrected chi connectivity index (χ4v) is 1.84. The van der Waals surface area contributed by atoms with Crippen LogP contribution in [-0.2, 0) is 6.54 Å². The summed E-state index contributed by atoms with van der Waals surface area (Å²) in [7, 11) is 0. The van der Waals surface area contributed by atoms with E-state index in [1.165, 1.54) is 0 Å². The fourth-order valence-electron chi connectivity index (χ4n) is 1.84. The lowest BCUT2D eigenvalue weighted by Crippen LogP contribution is -2.14. The first-order valence-corrected chi connectivity index (χ1v) is 5.75. The van der Waals surface area contributed by atoms with Crippen molar-refractivity contribution in [2.45, 2.75) is 19.5 Å². The molecule has 1 aromatic carbocycles. The molecule has 4 heteroatoms. The molecule has 90 valence electrons. The van der Waals surface area contributed by atoms with Crippen LogP contribution in [-0.4, -0.2) is 21.5 Å². The molecule has 1 heterocycles. The molecule has 1 unspecified atom stereocenters. The molecule has 1 aromatic heterocycles. The van der Waals surface area contributed by atoms with Crippen LogP contribution in [0.2, 0.25) is 0 Å². The van der Waals surface area contributed by atoms with Crippen molar-refractivity contribution in [2.75, 3.05) is 6.61 Å². The molecule has 0 aliphatic carbocycles. The van der Waals surface area contributed by atoms with Crippen LogP contribution >= 0.6 is 0 Å². The average Bonchev–Trinajstić information content (AvgIpc) is 2.86. The number of rotatable bonds is 4. The van der Waals surface area contributed by atoms with Crippen LogP contribution in [0.5, 0.6) is 0 Å². The molecule has 3 N–H and O–H groups in total. The molecule has 0 saturated carbocycles. The standard InChI is InChI=1S/C13H17N3O/c1-2-16-13(7-8-15-16)11-5-3-10(4-6-11)12(14)9-17/h3-8,12,17H,2,9,14H2,1H3. The zero-order valence-corrected chi connectivity index (χ0v) is 9.87. The largest absolute Gasteiger partial charge is 0.394 e. The molecule has 0 fully saturated rings. The van der Waals surface area contributed by atoms with E-state index < -0.39 is 0 Å². The Bertz CT molecular complexity index is 476. The van der Waals surface area contributed by atoms with Crippen molar-refractivity contribution >= 4 is 0 Å². The third kappa shape index (κ3) is 2.38. The predicted molar refractivity (Wildman–Crippen MR) is 67.4 cm³/mol. The second kappa shape index (κ2) is 5.12. The zero-order valence-electron chi connectivity index (χ0n) is 9.87. The van der Waals surface area contributed by atoms with Gasteiger partial charge in [-0.2, -0.15) is 5.10 Å². The molecule has 2 rings (SSSR count). The van der Waals surface area contributed by atoms with Gasteiger partial charge in [0.2, 0.25) is 0 Å². The highest BCUT2D eigenvalue weighted by molar-refractivity contribution is 5.59. The number of benzene rings is 1. The van der Waals surface area contributed by atoms with Crippen molar-refractivity contribution in [2.24, 2.45) is 5.73 Å². The molecule has 0 spiro atoms. The Labute approximate surface area is 101 Å². The molecular weight excluding hydrogens is 214 g/mol. The Hall–Kier alpha value is -1.65. The van der Waals surface area contributed by atoms with E-state index in [1.807, 2.05) is 35.0 Å². The highest BCUT2D eigenvalue weighted by Gasteiger charge is 2.06. The molecule has 0 saturated heterocycles. The SMILES string of the molecule is CCn1nccc1-c1ccc(C(N)CO)cc1. The van der Waals surface area contributed by atoms with Gasteiger partial charge in [0.1, 0.15) is 0 Å². The molecule has 0 amide bonds. The number of hydrogen-bond acceptors (Lipinski definition) is 3. The van der Waals surface area contributed by atoms with E-state index in [2.05, 4.69) is 12.0 Å². The maximum Gasteiger partial charge on any atom is 0.0682 e. The van der Waals surface area contributed by atoms with Gasteiger partial charge in [0.25, 0.3) is 0 Å². The summed E-state index contributed by atoms with van der Waals surface area (Å²) in [5.41, 5.74) is 8.90. The summed E-state index contributed by atoms with van der Waals surface area (Å²) in [5, 5.41) is 13.2. The van der Waals surface area contributed by atoms with Gasteiger partial charge in [-0.1, -0.05) is 24.3 Å². The van der Waals surface area contributed by atoms with Crippen molar-refractivity contribution in [1.29, 1.82) is 0 Å². The zero-order chi connectivity index (χ0) is 12.3. The van der Waals surface area contributed by atoms with Crippen LogP contribution in [0.4, 0.5) is 0 Å². The van der Waals surface area contributed by atoms with Gasteiger partial charge in [0.05, 0.1) is 18.3 Å². The van der Waals surface area contributed by atoms with E-state index in [0.29, 0.717) is 0 Å². The van der Waals surface area contributed by atoms with Crippen molar-refractivity contribution in [3.63, 3.8) is 0 Å². The summed E-state index contributed by atoms with van der Waals surface area (Å²) < 4.78 is 1.95. The van der Waals surface area contributed by atoms with Gasteiger partial charge in [-0.15, -0.1) is 0 Å². The van der Waals surface area contributed by atoms with Gasteiger partial charge in [-0.3, -0.25) is 4.68 Å². The van der Waals surface area contributed by atoms with Crippen LogP contribution in [0.25, 0.3) is 11.3 Å². The first-order valence-electron chi connectivity index (χ1n) is 5.75. The topological polar surface area (TPSA) is 64.1 Å². The van der Waals surface area contributed by atoms with Crippen molar-refractivity contribution in [3.05, 3.63) is 42.1 Å². The smallest absolute Gasteiger partial charge is 0.0682 e. The lowest BCUT2D eigenvalue weighted by molar-refractivity contribution is 0.268. The normalized spacial score (nSPS) is 12.6. The van der Waals surface area contributed by atoms with Crippen LogP contribution in [0.15, 0.2) is 36.5 Å². The van der Waals surface area contributed by atoms with Gasteiger partial charge in [-0.25, -0.2) is 0 Å². The third-order valence-corrected chi connectivity index (χ3v) is 2.85. The Balaban J connectivity index is 2.29. The Morgan fingerprint density at radius 3 is 2.59 bits per heavy atom. The average molecular weight is 231 g/mol. The Kier molecular flexibility index (Phi) is 3.56. The quantitative estimate of drug-likeness (QED) is 0.839. The molecule has 0 aliphatic heterocycles. The maximum atomic E-state index is 8.98. The highest BCUT2D eigenvalue weighted by Crippen LogP contribution is 2.21. The summed E-state index contributed by atoms with van der Waals surface area (Å²) in [6, 6.07) is 9.60. The Morgan fingerprint density at radius 1 is 1.29 bits per heavy atom. The Morgan fingerprint density at radius 2 is 2.00 bits per heavy atom. The van der Waals surface area contributed by atoms with Gasteiger partial charge in [-0.05, 0) is 24.1 Å². The van der Waals surface area contributed by atoms with E-state index >= 15 is 0 Å². The van der Waals surface area contributed by atoms with E-state index in [9.17, 15) is 0 Å². The van der Waals surface area contributed by atoms with Crippen LogP contribution in [0.1, 0.15) is 18.5 Å². The fraction of sp³-hybridized carbons (Fsp3) is 0.308. The van der Waals surface area contributed by atoms with Crippen LogP contribution < -0.4 is 5.73 Å². The lowest BCUT2D eigenvalue weighted by atomic mass is 10.0. The first kappa shape index (κ1) is 11.8. The molecule has 0 radical (unpaired) electrons. The van der Waals surface area contributed by atoms with Gasteiger partial charge >= 0.3 is 0 Å². The molecule has 4 nitrogen and oxygen atoms in total. The summed E-state index contributed by atoms with van der Waals surface area (Å²) in [6.07, 6.45) is 1.80. The third-order valence-electron chi connectivity index (χ3n) is 2.85. The van der Waals surface area contributed by atoms with Gasteiger partial charge < -0.3 is 10.8 Å². The minimum absolute atomic E-state index is 0.0355. The lowest BCUT2D eigenvalue weighted by Gasteiger charge is -2.10. The maximum absolute atomic E-state index is 8.98. The van der Waals surface area contributed by atoms with E-state index in [4.69, 9.17) is 10.8 Å². The molecule has 17 heavy (non-hydrogen) atoms. The molecular formula is C13H17N3O. The predicted octanol–water partition coefficient (Wildman–Crippen LogP) is 1.56. The first-order chi connectivity index (χ1) is 8.26. The highest BCUT2D eigenvalue weighted by atomic mass is 16.3. The monoisotopic (exact) mass is 231 g/mol. The summed E-state index contributed by atoms with van der Waals surface area (Å²) in [5.74, 6) is 0. The number of nitrogens with two attached hydrogens (primary N) is 1. The number of aliphatic hydroxyl groups is 1. The number of hydrogen-bond donors (Lipinski definition) is 2. The van der Waals surface area contributed by atoms with Crippen molar-refractivity contribution in [1.82, 2.24) is 9.78 Å². The van der Waals surface area contributed by atoms with Gasteiger partial charge in [0.15, 0.2) is 0 Å². The molecule has 0 bridgehead atoms. The second-order valence-corrected chi connectivity index (χ2v) is 3.94. The molecule has 0 aliphatic rings. The summed E-state index contributed by atoms with van der Waals surface area (Å²) >= 11 is 0. The number of aryl methyl sites for hydroxylation is 1. The van der Waals surface area contributed by atoms with Crippen molar-refractivity contribution < 1.29 is 5.11 Å². The minimum atomic E-state index is -0.305. The van der Waals surface area contributed by atoms with Crippen molar-refractivity contribution in [3.8, 4) is 11.3 Å². The van der Waals surface area contributed by atoms with Crippen LogP contribution in [0, 0.1) is 0 Å². The summed E-state index contributed by atoms with van der Waals surface area (Å²) in [6.45, 7) is 2.87. The number of aromatic nitrogens is 2. The van der Waals surface area contributed by atoms with E-state index in [-0.39, 0.29) is 12.6 Å². The van der Waals surface area contributed by atoms with Crippen LogP contribution in [0.3, 0.4) is 0 Å². The minimum Gasteiger partial charge on any atom is -0.394 e. The molecule has 2 aromatic rings. The van der Waals surface area contributed by atoms with E-state index in [0.717, 1.165) is 23.4 Å². The number of aliphatic hydroxyl groups excluding tert-OH is 1. The molecule has 1 atom stereocenters. The van der Waals surface area contributed by atoms with Gasteiger partial charge in [0, 0.05) is 12.7 Å².